The zero-order valence-corrected chi connectivity index (χ0v) is 13.6. The van der Waals surface area contributed by atoms with E-state index in [1.165, 1.54) is 19.0 Å². The van der Waals surface area contributed by atoms with Crippen LogP contribution in [-0.2, 0) is 11.3 Å². The first-order valence-electron chi connectivity index (χ1n) is 8.25. The van der Waals surface area contributed by atoms with E-state index in [0.29, 0.717) is 25.4 Å². The Bertz CT molecular complexity index is 718. The molecule has 1 saturated heterocycles. The average molecular weight is 328 g/mol. The van der Waals surface area contributed by atoms with E-state index in [2.05, 4.69) is 20.3 Å². The lowest BCUT2D eigenvalue weighted by atomic mass is 10.1. The van der Waals surface area contributed by atoms with E-state index in [9.17, 15) is 4.79 Å². The summed E-state index contributed by atoms with van der Waals surface area (Å²) in [6, 6.07) is 0.164. The van der Waals surface area contributed by atoms with E-state index in [1.807, 2.05) is 17.8 Å². The fourth-order valence-electron chi connectivity index (χ4n) is 2.63. The zero-order valence-electron chi connectivity index (χ0n) is 13.6. The van der Waals surface area contributed by atoms with Gasteiger partial charge in [-0.15, -0.1) is 5.10 Å². The van der Waals surface area contributed by atoms with Gasteiger partial charge in [0, 0.05) is 25.9 Å². The van der Waals surface area contributed by atoms with Crippen molar-refractivity contribution in [2.24, 2.45) is 5.92 Å². The quantitative estimate of drug-likeness (QED) is 0.786. The average Bonchev–Trinajstić information content (AvgIpc) is 3.24. The molecule has 2 aromatic heterocycles. The van der Waals surface area contributed by atoms with E-state index in [-0.39, 0.29) is 11.9 Å². The number of ether oxygens (including phenoxy) is 1. The summed E-state index contributed by atoms with van der Waals surface area (Å²) < 4.78 is 7.44. The van der Waals surface area contributed by atoms with Crippen LogP contribution in [0.4, 0.5) is 0 Å². The van der Waals surface area contributed by atoms with Crippen LogP contribution in [0.2, 0.25) is 0 Å². The fourth-order valence-corrected chi connectivity index (χ4v) is 2.63. The van der Waals surface area contributed by atoms with Gasteiger partial charge < -0.3 is 9.64 Å². The van der Waals surface area contributed by atoms with Crippen LogP contribution < -0.4 is 0 Å². The van der Waals surface area contributed by atoms with Crippen LogP contribution in [0.3, 0.4) is 0 Å². The molecule has 24 heavy (non-hydrogen) atoms. The van der Waals surface area contributed by atoms with Crippen LogP contribution in [0.1, 0.15) is 40.8 Å². The number of carbonyl (C=O) groups is 1. The lowest BCUT2D eigenvalue weighted by molar-refractivity contribution is 0.0491. The van der Waals surface area contributed by atoms with Crippen molar-refractivity contribution in [2.45, 2.75) is 32.4 Å². The summed E-state index contributed by atoms with van der Waals surface area (Å²) in [5.74, 6) is 0.656. The van der Waals surface area contributed by atoms with Crippen molar-refractivity contribution in [2.75, 3.05) is 19.7 Å². The van der Waals surface area contributed by atoms with Gasteiger partial charge in [-0.2, -0.15) is 0 Å². The summed E-state index contributed by atoms with van der Waals surface area (Å²) in [5, 5.41) is 8.29. The van der Waals surface area contributed by atoms with Gasteiger partial charge in [0.1, 0.15) is 11.4 Å². The Kier molecular flexibility index (Phi) is 3.97. The third-order valence-corrected chi connectivity index (χ3v) is 4.38. The van der Waals surface area contributed by atoms with E-state index >= 15 is 0 Å². The highest BCUT2D eigenvalue weighted by Gasteiger charge is 2.34. The van der Waals surface area contributed by atoms with Crippen molar-refractivity contribution in [1.29, 1.82) is 0 Å². The highest BCUT2D eigenvalue weighted by atomic mass is 16.5. The molecule has 2 fully saturated rings. The summed E-state index contributed by atoms with van der Waals surface area (Å²) in [4.78, 5) is 22.3. The third kappa shape index (κ3) is 3.28. The fraction of sp³-hybridized carbons (Fsp3) is 0.562. The molecule has 8 nitrogen and oxygen atoms in total. The predicted molar refractivity (Wildman–Crippen MR) is 84.1 cm³/mol. The minimum absolute atomic E-state index is 0.0909. The number of rotatable bonds is 6. The van der Waals surface area contributed by atoms with Gasteiger partial charge in [-0.25, -0.2) is 9.67 Å². The van der Waals surface area contributed by atoms with Gasteiger partial charge in [0.15, 0.2) is 0 Å². The number of hydrogen-bond donors (Lipinski definition) is 0. The lowest BCUT2D eigenvalue weighted by Gasteiger charge is -2.38. The molecule has 2 aliphatic rings. The molecule has 0 unspecified atom stereocenters. The standard InChI is InChI=1S/C16H20N6O2/c1-11-4-18-15(5-17-11)16(23)21-7-14(8-21)22-6-13(19-20-22)10-24-9-12-2-3-12/h4-6,12,14H,2-3,7-10H2,1H3. The Balaban J connectivity index is 1.28. The molecule has 0 N–H and O–H groups in total. The van der Waals surface area contributed by atoms with Gasteiger partial charge in [-0.05, 0) is 25.7 Å². The maximum Gasteiger partial charge on any atom is 0.274 e. The molecule has 1 saturated carbocycles. The van der Waals surface area contributed by atoms with Crippen molar-refractivity contribution >= 4 is 5.91 Å². The van der Waals surface area contributed by atoms with Crippen molar-refractivity contribution in [3.8, 4) is 0 Å². The predicted octanol–water partition coefficient (Wildman–Crippen LogP) is 1.00. The number of aryl methyl sites for hydroxylation is 1. The van der Waals surface area contributed by atoms with Gasteiger partial charge in [-0.1, -0.05) is 5.21 Å². The Morgan fingerprint density at radius 2 is 2.12 bits per heavy atom. The summed E-state index contributed by atoms with van der Waals surface area (Å²) in [6.07, 6.45) is 7.60. The Morgan fingerprint density at radius 1 is 1.29 bits per heavy atom. The summed E-state index contributed by atoms with van der Waals surface area (Å²) in [6.45, 7) is 4.39. The zero-order chi connectivity index (χ0) is 16.5. The number of nitrogens with zero attached hydrogens (tertiary/aromatic N) is 6. The van der Waals surface area contributed by atoms with E-state index < -0.39 is 0 Å². The number of amides is 1. The maximum atomic E-state index is 12.3. The lowest BCUT2D eigenvalue weighted by Crippen LogP contribution is -2.51. The second-order valence-corrected chi connectivity index (χ2v) is 6.56. The first kappa shape index (κ1) is 15.2. The highest BCUT2D eigenvalue weighted by molar-refractivity contribution is 5.92. The van der Waals surface area contributed by atoms with Crippen LogP contribution in [-0.4, -0.2) is 55.5 Å². The van der Waals surface area contributed by atoms with Crippen LogP contribution in [0.5, 0.6) is 0 Å². The molecule has 2 aromatic rings. The molecular formula is C16H20N6O2. The van der Waals surface area contributed by atoms with Crippen molar-refractivity contribution in [3.05, 3.63) is 35.7 Å². The molecule has 0 spiro atoms. The number of hydrogen-bond acceptors (Lipinski definition) is 6. The molecule has 3 heterocycles. The minimum Gasteiger partial charge on any atom is -0.375 e. The normalized spacial score (nSPS) is 17.8. The monoisotopic (exact) mass is 328 g/mol. The van der Waals surface area contributed by atoms with Gasteiger partial charge in [0.05, 0.1) is 30.7 Å². The molecule has 8 heteroatoms. The van der Waals surface area contributed by atoms with Crippen molar-refractivity contribution < 1.29 is 9.53 Å². The van der Waals surface area contributed by atoms with Crippen molar-refractivity contribution in [3.63, 3.8) is 0 Å². The van der Waals surface area contributed by atoms with Crippen LogP contribution in [0.15, 0.2) is 18.6 Å². The molecule has 126 valence electrons. The van der Waals surface area contributed by atoms with Gasteiger partial charge in [0.2, 0.25) is 0 Å². The third-order valence-electron chi connectivity index (χ3n) is 4.38. The van der Waals surface area contributed by atoms with Crippen LogP contribution >= 0.6 is 0 Å². The highest BCUT2D eigenvalue weighted by Crippen LogP contribution is 2.29. The molecular weight excluding hydrogens is 308 g/mol. The Labute approximate surface area is 139 Å². The van der Waals surface area contributed by atoms with E-state index in [1.54, 1.807) is 11.1 Å². The summed E-state index contributed by atoms with van der Waals surface area (Å²) in [7, 11) is 0. The van der Waals surface area contributed by atoms with Crippen LogP contribution in [0, 0.1) is 12.8 Å². The Hall–Kier alpha value is -2.35. The summed E-state index contributed by atoms with van der Waals surface area (Å²) >= 11 is 0. The first-order chi connectivity index (χ1) is 11.7. The number of carbonyl (C=O) groups excluding carboxylic acids is 1. The molecule has 1 aliphatic carbocycles. The number of likely N-dealkylation sites (tertiary alicyclic amines) is 1. The van der Waals surface area contributed by atoms with Crippen LogP contribution in [0.25, 0.3) is 0 Å². The second kappa shape index (κ2) is 6.27. The van der Waals surface area contributed by atoms with Gasteiger partial charge >= 0.3 is 0 Å². The topological polar surface area (TPSA) is 86.0 Å². The maximum absolute atomic E-state index is 12.3. The SMILES string of the molecule is Cc1cnc(C(=O)N2CC(n3cc(COCC4CC4)nn3)C2)cn1. The van der Waals surface area contributed by atoms with E-state index in [4.69, 9.17) is 4.74 Å². The Morgan fingerprint density at radius 3 is 2.83 bits per heavy atom. The molecule has 1 amide bonds. The summed E-state index contributed by atoms with van der Waals surface area (Å²) in [5.41, 5.74) is 2.02. The van der Waals surface area contributed by atoms with Gasteiger partial charge in [-0.3, -0.25) is 9.78 Å². The molecule has 0 aromatic carbocycles. The molecule has 1 aliphatic heterocycles. The molecule has 0 bridgehead atoms. The molecule has 0 radical (unpaired) electrons. The van der Waals surface area contributed by atoms with Crippen molar-refractivity contribution in [1.82, 2.24) is 29.9 Å². The first-order valence-corrected chi connectivity index (χ1v) is 8.25. The molecule has 0 atom stereocenters. The number of aromatic nitrogens is 5. The smallest absolute Gasteiger partial charge is 0.274 e. The second-order valence-electron chi connectivity index (χ2n) is 6.56. The van der Waals surface area contributed by atoms with Gasteiger partial charge in [0.25, 0.3) is 5.91 Å². The molecule has 4 rings (SSSR count). The minimum atomic E-state index is -0.0909. The largest absolute Gasteiger partial charge is 0.375 e. The van der Waals surface area contributed by atoms with E-state index in [0.717, 1.165) is 23.9 Å².